The number of nitrogens with one attached hydrogen (secondary N) is 1. The Labute approximate surface area is 129 Å². The fraction of sp³-hybridized carbons (Fsp3) is 0.375. The molecule has 1 aliphatic heterocycles. The summed E-state index contributed by atoms with van der Waals surface area (Å²) < 4.78 is 0. The van der Waals surface area contributed by atoms with Crippen molar-refractivity contribution < 1.29 is 9.59 Å². The van der Waals surface area contributed by atoms with Crippen LogP contribution >= 0.6 is 11.8 Å². The molecule has 1 aliphatic rings. The third-order valence-electron chi connectivity index (χ3n) is 3.35. The highest BCUT2D eigenvalue weighted by Gasteiger charge is 2.30. The first kappa shape index (κ1) is 15.6. The number of thioether (sulfide) groups is 1. The molecule has 5 heteroatoms. The second-order valence-electron chi connectivity index (χ2n) is 4.85. The van der Waals surface area contributed by atoms with Gasteiger partial charge in [0.25, 0.3) is 0 Å². The fourth-order valence-corrected chi connectivity index (χ4v) is 2.94. The molecular weight excluding hydrogens is 284 g/mol. The molecule has 0 spiro atoms. The standard InChI is InChI=1S/C16H20N2O2S/c1-2-11-21-12-10-18-9-8-14(19)17-15(16(18)20)13-6-4-3-5-7-13/h2-7,15H,1,8-12H2,(H,17,19). The average Bonchev–Trinajstić information content (AvgIpc) is 2.65. The molecule has 1 heterocycles. The predicted molar refractivity (Wildman–Crippen MR) is 86.0 cm³/mol. The molecule has 0 aromatic heterocycles. The van der Waals surface area contributed by atoms with Crippen LogP contribution in [0.25, 0.3) is 0 Å². The topological polar surface area (TPSA) is 49.4 Å². The lowest BCUT2D eigenvalue weighted by molar-refractivity contribution is -0.133. The van der Waals surface area contributed by atoms with E-state index in [9.17, 15) is 9.59 Å². The second kappa shape index (κ2) is 7.88. The van der Waals surface area contributed by atoms with Crippen LogP contribution in [-0.2, 0) is 9.59 Å². The highest BCUT2D eigenvalue weighted by molar-refractivity contribution is 7.99. The number of rotatable bonds is 6. The Morgan fingerprint density at radius 3 is 2.81 bits per heavy atom. The third-order valence-corrected chi connectivity index (χ3v) is 4.29. The maximum absolute atomic E-state index is 12.6. The number of nitrogens with zero attached hydrogens (tertiary/aromatic N) is 1. The van der Waals surface area contributed by atoms with Crippen molar-refractivity contribution in [3.05, 3.63) is 48.6 Å². The summed E-state index contributed by atoms with van der Waals surface area (Å²) in [5.74, 6) is 1.64. The first-order chi connectivity index (χ1) is 10.2. The van der Waals surface area contributed by atoms with Gasteiger partial charge in [0.1, 0.15) is 6.04 Å². The van der Waals surface area contributed by atoms with Crippen LogP contribution in [0.4, 0.5) is 0 Å². The van der Waals surface area contributed by atoms with Crippen molar-refractivity contribution in [1.29, 1.82) is 0 Å². The normalized spacial score (nSPS) is 19.0. The maximum Gasteiger partial charge on any atom is 0.249 e. The van der Waals surface area contributed by atoms with E-state index in [0.717, 1.165) is 17.1 Å². The van der Waals surface area contributed by atoms with Crippen LogP contribution in [0.15, 0.2) is 43.0 Å². The number of carbonyl (C=O) groups excluding carboxylic acids is 2. The Balaban J connectivity index is 2.07. The molecule has 1 saturated heterocycles. The smallest absolute Gasteiger partial charge is 0.249 e. The molecule has 0 saturated carbocycles. The van der Waals surface area contributed by atoms with Gasteiger partial charge in [0.05, 0.1) is 0 Å². The van der Waals surface area contributed by atoms with E-state index in [-0.39, 0.29) is 11.8 Å². The SMILES string of the molecule is C=CCSCCN1CCC(=O)NC(c2ccccc2)C1=O. The quantitative estimate of drug-likeness (QED) is 0.646. The first-order valence-corrected chi connectivity index (χ1v) is 8.19. The van der Waals surface area contributed by atoms with Crippen LogP contribution in [-0.4, -0.2) is 41.3 Å². The molecular formula is C16H20N2O2S. The van der Waals surface area contributed by atoms with Gasteiger partial charge in [-0.3, -0.25) is 9.59 Å². The molecule has 1 aromatic rings. The van der Waals surface area contributed by atoms with Gasteiger partial charge in [0.2, 0.25) is 11.8 Å². The van der Waals surface area contributed by atoms with E-state index >= 15 is 0 Å². The predicted octanol–water partition coefficient (Wildman–Crippen LogP) is 2.00. The minimum atomic E-state index is -0.564. The summed E-state index contributed by atoms with van der Waals surface area (Å²) in [6, 6.07) is 8.84. The van der Waals surface area contributed by atoms with E-state index in [4.69, 9.17) is 0 Å². The molecule has 1 aromatic carbocycles. The van der Waals surface area contributed by atoms with E-state index in [0.29, 0.717) is 19.5 Å². The van der Waals surface area contributed by atoms with Gasteiger partial charge in [-0.15, -0.1) is 6.58 Å². The molecule has 1 unspecified atom stereocenters. The van der Waals surface area contributed by atoms with Crippen molar-refractivity contribution in [2.24, 2.45) is 0 Å². The van der Waals surface area contributed by atoms with E-state index in [2.05, 4.69) is 11.9 Å². The average molecular weight is 304 g/mol. The second-order valence-corrected chi connectivity index (χ2v) is 6.00. The van der Waals surface area contributed by atoms with Crippen molar-refractivity contribution in [1.82, 2.24) is 10.2 Å². The zero-order chi connectivity index (χ0) is 15.1. The Morgan fingerprint density at radius 2 is 2.10 bits per heavy atom. The number of benzene rings is 1. The van der Waals surface area contributed by atoms with E-state index in [1.165, 1.54) is 0 Å². The van der Waals surface area contributed by atoms with Gasteiger partial charge in [-0.05, 0) is 5.56 Å². The Morgan fingerprint density at radius 1 is 1.33 bits per heavy atom. The first-order valence-electron chi connectivity index (χ1n) is 7.04. The summed E-state index contributed by atoms with van der Waals surface area (Å²) in [5, 5.41) is 2.82. The van der Waals surface area contributed by atoms with Crippen molar-refractivity contribution >= 4 is 23.6 Å². The summed E-state index contributed by atoms with van der Waals surface area (Å²) in [5.41, 5.74) is 0.835. The number of hydrogen-bond donors (Lipinski definition) is 1. The highest BCUT2D eigenvalue weighted by Crippen LogP contribution is 2.19. The van der Waals surface area contributed by atoms with Crippen molar-refractivity contribution in [3.63, 3.8) is 0 Å². The van der Waals surface area contributed by atoms with E-state index in [1.54, 1.807) is 16.7 Å². The molecule has 112 valence electrons. The molecule has 1 N–H and O–H groups in total. The lowest BCUT2D eigenvalue weighted by atomic mass is 10.1. The van der Waals surface area contributed by atoms with Crippen LogP contribution in [0.2, 0.25) is 0 Å². The molecule has 0 radical (unpaired) electrons. The van der Waals surface area contributed by atoms with Crippen molar-refractivity contribution in [3.8, 4) is 0 Å². The minimum Gasteiger partial charge on any atom is -0.340 e. The van der Waals surface area contributed by atoms with Crippen LogP contribution in [0, 0.1) is 0 Å². The van der Waals surface area contributed by atoms with Crippen molar-refractivity contribution in [2.45, 2.75) is 12.5 Å². The zero-order valence-corrected chi connectivity index (χ0v) is 12.8. The van der Waals surface area contributed by atoms with Gasteiger partial charge < -0.3 is 10.2 Å². The van der Waals surface area contributed by atoms with Crippen LogP contribution < -0.4 is 5.32 Å². The van der Waals surface area contributed by atoms with Gasteiger partial charge in [-0.25, -0.2) is 0 Å². The van der Waals surface area contributed by atoms with Crippen LogP contribution in [0.5, 0.6) is 0 Å². The summed E-state index contributed by atoms with van der Waals surface area (Å²) in [6.45, 7) is 4.83. The van der Waals surface area contributed by atoms with Gasteiger partial charge in [0.15, 0.2) is 0 Å². The van der Waals surface area contributed by atoms with Gasteiger partial charge in [0, 0.05) is 31.0 Å². The van der Waals surface area contributed by atoms with Gasteiger partial charge in [-0.2, -0.15) is 11.8 Å². The monoisotopic (exact) mass is 304 g/mol. The fourth-order valence-electron chi connectivity index (χ4n) is 2.26. The molecule has 0 aliphatic carbocycles. The van der Waals surface area contributed by atoms with Crippen molar-refractivity contribution in [2.75, 3.05) is 24.6 Å². The number of carbonyl (C=O) groups is 2. The molecule has 1 atom stereocenters. The summed E-state index contributed by atoms with van der Waals surface area (Å²) in [6.07, 6.45) is 2.22. The Hall–Kier alpha value is -1.75. The van der Waals surface area contributed by atoms with E-state index in [1.807, 2.05) is 36.4 Å². The lowest BCUT2D eigenvalue weighted by Crippen LogP contribution is -2.39. The highest BCUT2D eigenvalue weighted by atomic mass is 32.2. The molecule has 2 amide bonds. The molecule has 2 rings (SSSR count). The van der Waals surface area contributed by atoms with Crippen LogP contribution in [0.3, 0.4) is 0 Å². The molecule has 1 fully saturated rings. The molecule has 0 bridgehead atoms. The lowest BCUT2D eigenvalue weighted by Gasteiger charge is -2.24. The zero-order valence-electron chi connectivity index (χ0n) is 12.0. The minimum absolute atomic E-state index is 0.0220. The number of hydrogen-bond acceptors (Lipinski definition) is 3. The van der Waals surface area contributed by atoms with Crippen LogP contribution in [0.1, 0.15) is 18.0 Å². The molecule has 4 nitrogen and oxygen atoms in total. The maximum atomic E-state index is 12.6. The number of amides is 2. The Kier molecular flexibility index (Phi) is 5.87. The Bertz CT molecular complexity index is 504. The summed E-state index contributed by atoms with van der Waals surface area (Å²) in [4.78, 5) is 26.2. The summed E-state index contributed by atoms with van der Waals surface area (Å²) >= 11 is 1.74. The molecule has 21 heavy (non-hydrogen) atoms. The largest absolute Gasteiger partial charge is 0.340 e. The van der Waals surface area contributed by atoms with Gasteiger partial charge >= 0.3 is 0 Å². The third kappa shape index (κ3) is 4.36. The summed E-state index contributed by atoms with van der Waals surface area (Å²) in [7, 11) is 0. The van der Waals surface area contributed by atoms with Gasteiger partial charge in [-0.1, -0.05) is 36.4 Å². The van der Waals surface area contributed by atoms with E-state index < -0.39 is 6.04 Å².